The summed E-state index contributed by atoms with van der Waals surface area (Å²) in [5.41, 5.74) is 7.58. The quantitative estimate of drug-likeness (QED) is 0.332. The summed E-state index contributed by atoms with van der Waals surface area (Å²) in [4.78, 5) is 24.4. The monoisotopic (exact) mass is 491 g/mol. The van der Waals surface area contributed by atoms with Gasteiger partial charge in [-0.05, 0) is 36.8 Å². The molecule has 7 nitrogen and oxygen atoms in total. The fourth-order valence-corrected chi connectivity index (χ4v) is 3.56. The van der Waals surface area contributed by atoms with Gasteiger partial charge in [-0.25, -0.2) is 13.8 Å². The summed E-state index contributed by atoms with van der Waals surface area (Å²) in [5.74, 6) is -2.72. The van der Waals surface area contributed by atoms with Crippen LogP contribution >= 0.6 is 0 Å². The molecule has 2 aromatic heterocycles. The molecule has 0 atom stereocenters. The number of carbonyl (C=O) groups excluding carboxylic acids is 2. The highest BCUT2D eigenvalue weighted by Gasteiger charge is 2.39. The van der Waals surface area contributed by atoms with E-state index in [0.29, 0.717) is 5.39 Å². The Kier molecular flexibility index (Phi) is 7.13. The van der Waals surface area contributed by atoms with E-state index in [-0.39, 0.29) is 34.4 Å². The maximum Gasteiger partial charge on any atom is 0.435 e. The Balaban J connectivity index is 0.00000108. The van der Waals surface area contributed by atoms with Crippen LogP contribution in [0.4, 0.5) is 22.0 Å². The minimum absolute atomic E-state index is 0.00625. The third-order valence-electron chi connectivity index (χ3n) is 5.08. The van der Waals surface area contributed by atoms with Crippen LogP contribution in [0.15, 0.2) is 48.5 Å². The van der Waals surface area contributed by atoms with E-state index in [9.17, 15) is 26.7 Å². The first-order valence-corrected chi connectivity index (χ1v) is 9.92. The van der Waals surface area contributed by atoms with Gasteiger partial charge in [0.25, 0.3) is 5.91 Å². The molecule has 0 spiro atoms. The maximum absolute atomic E-state index is 14.1. The Morgan fingerprint density at radius 2 is 1.69 bits per heavy atom. The molecule has 12 heteroatoms. The Labute approximate surface area is 195 Å². The van der Waals surface area contributed by atoms with Crippen LogP contribution in [0.1, 0.15) is 27.4 Å². The number of halogens is 5. The smallest absolute Gasteiger partial charge is 0.372 e. The third-order valence-corrected chi connectivity index (χ3v) is 5.08. The third kappa shape index (κ3) is 5.10. The SMILES string of the molecule is Cc1c(-c2cc(C(N)=O)nc3ccccc23)c(C(F)(F)F)nn1Cc1c(F)cccc1F.NC=O. The second-order valence-electron chi connectivity index (χ2n) is 7.24. The molecule has 0 saturated heterocycles. The number of pyridine rings is 1. The number of alkyl halides is 3. The van der Waals surface area contributed by atoms with E-state index < -0.39 is 41.5 Å². The van der Waals surface area contributed by atoms with Crippen LogP contribution in [0.5, 0.6) is 0 Å². The molecular weight excluding hydrogens is 473 g/mol. The van der Waals surface area contributed by atoms with Crippen molar-refractivity contribution in [1.29, 1.82) is 0 Å². The molecule has 182 valence electrons. The Morgan fingerprint density at radius 3 is 2.26 bits per heavy atom. The number of hydrogen-bond acceptors (Lipinski definition) is 4. The number of benzene rings is 2. The van der Waals surface area contributed by atoms with Gasteiger partial charge in [0.1, 0.15) is 17.3 Å². The normalized spacial score (nSPS) is 11.1. The molecule has 0 aliphatic rings. The molecular formula is C23H18F5N5O2. The van der Waals surface area contributed by atoms with Crippen LogP contribution in [0.25, 0.3) is 22.0 Å². The molecule has 4 N–H and O–H groups in total. The van der Waals surface area contributed by atoms with Gasteiger partial charge < -0.3 is 11.5 Å². The summed E-state index contributed by atoms with van der Waals surface area (Å²) >= 11 is 0. The van der Waals surface area contributed by atoms with Crippen molar-refractivity contribution in [3.05, 3.63) is 82.8 Å². The predicted octanol–water partition coefficient (Wildman–Crippen LogP) is 3.95. The zero-order chi connectivity index (χ0) is 25.9. The van der Waals surface area contributed by atoms with Gasteiger partial charge in [0.05, 0.1) is 12.1 Å². The molecule has 4 rings (SSSR count). The highest BCUT2D eigenvalue weighted by atomic mass is 19.4. The van der Waals surface area contributed by atoms with E-state index in [2.05, 4.69) is 15.8 Å². The summed E-state index contributed by atoms with van der Waals surface area (Å²) in [6.07, 6.45) is -4.63. The average molecular weight is 491 g/mol. The predicted molar refractivity (Wildman–Crippen MR) is 117 cm³/mol. The lowest BCUT2D eigenvalue weighted by molar-refractivity contribution is -0.141. The van der Waals surface area contributed by atoms with Gasteiger partial charge in [0.15, 0.2) is 5.69 Å². The molecule has 0 radical (unpaired) electrons. The van der Waals surface area contributed by atoms with Crippen LogP contribution in [0.2, 0.25) is 0 Å². The van der Waals surface area contributed by atoms with Crippen molar-refractivity contribution >= 4 is 23.2 Å². The van der Waals surface area contributed by atoms with E-state index in [1.54, 1.807) is 18.2 Å². The fraction of sp³-hybridized carbons (Fsp3) is 0.130. The van der Waals surface area contributed by atoms with Crippen molar-refractivity contribution in [1.82, 2.24) is 14.8 Å². The standard InChI is InChI=1S/C22H15F5N4O.CH3NO/c1-11-19(13-9-18(21(28)32)29-17-8-3-2-5-12(13)17)20(22(25,26)27)30-31(11)10-14-15(23)6-4-7-16(14)24;2-1-3/h2-9H,10H2,1H3,(H2,28,32);1H,(H2,2,3). The Hall–Kier alpha value is -4.35. The first-order chi connectivity index (χ1) is 16.5. The minimum Gasteiger partial charge on any atom is -0.372 e. The van der Waals surface area contributed by atoms with Gasteiger partial charge in [-0.15, -0.1) is 0 Å². The number of nitrogens with two attached hydrogens (primary N) is 2. The van der Waals surface area contributed by atoms with Crippen LogP contribution in [-0.2, 0) is 17.5 Å². The molecule has 0 unspecified atom stereocenters. The van der Waals surface area contributed by atoms with Crippen molar-refractivity contribution in [2.45, 2.75) is 19.6 Å². The summed E-state index contributed by atoms with van der Waals surface area (Å²) in [6, 6.07) is 10.7. The number of hydrogen-bond donors (Lipinski definition) is 2. The number of carbonyl (C=O) groups is 2. The van der Waals surface area contributed by atoms with Crippen LogP contribution in [0, 0.1) is 18.6 Å². The number of rotatable bonds is 4. The minimum atomic E-state index is -4.88. The number of fused-ring (bicyclic) bond motifs is 1. The van der Waals surface area contributed by atoms with Gasteiger partial charge in [-0.1, -0.05) is 24.3 Å². The zero-order valence-corrected chi connectivity index (χ0v) is 18.1. The van der Waals surface area contributed by atoms with E-state index in [0.717, 1.165) is 28.9 Å². The van der Waals surface area contributed by atoms with Crippen molar-refractivity contribution in [2.24, 2.45) is 11.5 Å². The molecule has 0 saturated carbocycles. The lowest BCUT2D eigenvalue weighted by Crippen LogP contribution is -2.14. The van der Waals surface area contributed by atoms with Crippen molar-refractivity contribution in [3.63, 3.8) is 0 Å². The fourth-order valence-electron chi connectivity index (χ4n) is 3.56. The van der Waals surface area contributed by atoms with Gasteiger partial charge >= 0.3 is 6.18 Å². The second-order valence-corrected chi connectivity index (χ2v) is 7.24. The topological polar surface area (TPSA) is 117 Å². The van der Waals surface area contributed by atoms with Crippen molar-refractivity contribution in [2.75, 3.05) is 0 Å². The van der Waals surface area contributed by atoms with Gasteiger partial charge in [0.2, 0.25) is 6.41 Å². The number of aromatic nitrogens is 3. The van der Waals surface area contributed by atoms with Crippen LogP contribution < -0.4 is 11.5 Å². The van der Waals surface area contributed by atoms with Gasteiger partial charge in [-0.3, -0.25) is 14.3 Å². The lowest BCUT2D eigenvalue weighted by atomic mass is 9.97. The summed E-state index contributed by atoms with van der Waals surface area (Å²) in [5, 5.41) is 3.97. The number of primary amides is 2. The zero-order valence-electron chi connectivity index (χ0n) is 18.1. The van der Waals surface area contributed by atoms with E-state index in [1.165, 1.54) is 13.0 Å². The van der Waals surface area contributed by atoms with Crippen LogP contribution in [-0.4, -0.2) is 27.1 Å². The van der Waals surface area contributed by atoms with E-state index >= 15 is 0 Å². The highest BCUT2D eigenvalue weighted by Crippen LogP contribution is 2.41. The average Bonchev–Trinajstić information content (AvgIpc) is 3.12. The Morgan fingerprint density at radius 1 is 1.09 bits per heavy atom. The number of amides is 2. The Bertz CT molecular complexity index is 1400. The highest BCUT2D eigenvalue weighted by molar-refractivity contribution is 6.01. The largest absolute Gasteiger partial charge is 0.435 e. The summed E-state index contributed by atoms with van der Waals surface area (Å²) in [7, 11) is 0. The molecule has 4 aromatic rings. The van der Waals surface area contributed by atoms with E-state index in [1.807, 2.05) is 0 Å². The van der Waals surface area contributed by atoms with Crippen LogP contribution in [0.3, 0.4) is 0 Å². The molecule has 2 heterocycles. The first kappa shape index (κ1) is 25.3. The molecule has 0 bridgehead atoms. The molecule has 0 fully saturated rings. The second kappa shape index (κ2) is 9.87. The lowest BCUT2D eigenvalue weighted by Gasteiger charge is -2.12. The molecule has 2 amide bonds. The summed E-state index contributed by atoms with van der Waals surface area (Å²) in [6.45, 7) is 0.800. The van der Waals surface area contributed by atoms with E-state index in [4.69, 9.17) is 10.5 Å². The van der Waals surface area contributed by atoms with Gasteiger partial charge in [-0.2, -0.15) is 18.3 Å². The van der Waals surface area contributed by atoms with Gasteiger partial charge in [0, 0.05) is 22.2 Å². The van der Waals surface area contributed by atoms with Crippen molar-refractivity contribution in [3.8, 4) is 11.1 Å². The summed E-state index contributed by atoms with van der Waals surface area (Å²) < 4.78 is 71.0. The maximum atomic E-state index is 14.1. The first-order valence-electron chi connectivity index (χ1n) is 9.92. The molecule has 35 heavy (non-hydrogen) atoms. The number of para-hydroxylation sites is 1. The molecule has 0 aliphatic carbocycles. The van der Waals surface area contributed by atoms with Crippen molar-refractivity contribution < 1.29 is 31.5 Å². The molecule has 2 aromatic carbocycles. The number of nitrogens with zero attached hydrogens (tertiary/aromatic N) is 3. The molecule has 0 aliphatic heterocycles.